The minimum absolute atomic E-state index is 0.0249. The molecular weight excluding hydrogens is 371 g/mol. The molecule has 0 radical (unpaired) electrons. The number of aliphatic carboxylic acids is 1. The second-order valence-electron chi connectivity index (χ2n) is 6.97. The van der Waals surface area contributed by atoms with Gasteiger partial charge in [0.25, 0.3) is 0 Å². The number of hydrogen-bond donors (Lipinski definition) is 1. The molecule has 3 unspecified atom stereocenters. The van der Waals surface area contributed by atoms with Gasteiger partial charge in [-0.2, -0.15) is 13.2 Å². The van der Waals surface area contributed by atoms with Crippen molar-refractivity contribution in [3.63, 3.8) is 0 Å². The summed E-state index contributed by atoms with van der Waals surface area (Å²) >= 11 is 0. The second-order valence-corrected chi connectivity index (χ2v) is 6.97. The zero-order valence-corrected chi connectivity index (χ0v) is 15.0. The summed E-state index contributed by atoms with van der Waals surface area (Å²) in [6.07, 6.45) is -5.30. The van der Waals surface area contributed by atoms with Crippen molar-refractivity contribution in [2.75, 3.05) is 13.1 Å². The minimum Gasteiger partial charge on any atom is -0.481 e. The van der Waals surface area contributed by atoms with Gasteiger partial charge in [0, 0.05) is 25.4 Å². The van der Waals surface area contributed by atoms with Gasteiger partial charge in [-0.05, 0) is 11.1 Å². The van der Waals surface area contributed by atoms with Crippen LogP contribution in [-0.2, 0) is 9.59 Å². The Morgan fingerprint density at radius 3 is 2.11 bits per heavy atom. The molecule has 1 aliphatic heterocycles. The maximum Gasteiger partial charge on any atom is 0.396 e. The Morgan fingerprint density at radius 1 is 1.00 bits per heavy atom. The van der Waals surface area contributed by atoms with E-state index in [1.165, 1.54) is 29.2 Å². The van der Waals surface area contributed by atoms with Crippen LogP contribution in [-0.4, -0.2) is 41.1 Å². The Balaban J connectivity index is 1.79. The number of carbonyl (C=O) groups is 2. The molecule has 148 valence electrons. The van der Waals surface area contributed by atoms with Crippen molar-refractivity contribution >= 4 is 11.9 Å². The van der Waals surface area contributed by atoms with Crippen molar-refractivity contribution in [1.82, 2.24) is 4.90 Å². The molecule has 0 aromatic heterocycles. The number of carbonyl (C=O) groups excluding carboxylic acids is 1. The summed E-state index contributed by atoms with van der Waals surface area (Å²) in [5.41, 5.74) is 0.789. The van der Waals surface area contributed by atoms with Gasteiger partial charge in [0.15, 0.2) is 0 Å². The molecule has 0 aliphatic carbocycles. The van der Waals surface area contributed by atoms with E-state index in [-0.39, 0.29) is 18.7 Å². The van der Waals surface area contributed by atoms with E-state index in [9.17, 15) is 27.9 Å². The van der Waals surface area contributed by atoms with E-state index in [1.807, 2.05) is 0 Å². The SMILES string of the molecule is O=C(O)C1CN(C(=O)CC(c2ccccc2)C(F)(F)F)CC1c1ccccc1. The van der Waals surface area contributed by atoms with Crippen LogP contribution in [0.25, 0.3) is 0 Å². The van der Waals surface area contributed by atoms with E-state index in [0.717, 1.165) is 5.56 Å². The summed E-state index contributed by atoms with van der Waals surface area (Å²) in [4.78, 5) is 25.5. The third-order valence-electron chi connectivity index (χ3n) is 5.19. The fourth-order valence-electron chi connectivity index (χ4n) is 3.71. The molecule has 1 N–H and O–H groups in total. The molecule has 1 fully saturated rings. The molecule has 3 atom stereocenters. The number of likely N-dealkylation sites (tertiary alicyclic amines) is 1. The van der Waals surface area contributed by atoms with Gasteiger partial charge in [0.1, 0.15) is 0 Å². The van der Waals surface area contributed by atoms with E-state index in [1.54, 1.807) is 36.4 Å². The first-order chi connectivity index (χ1) is 13.3. The summed E-state index contributed by atoms with van der Waals surface area (Å²) < 4.78 is 40.6. The molecule has 2 aromatic rings. The zero-order valence-electron chi connectivity index (χ0n) is 15.0. The van der Waals surface area contributed by atoms with Crippen LogP contribution < -0.4 is 0 Å². The van der Waals surface area contributed by atoms with Crippen molar-refractivity contribution in [1.29, 1.82) is 0 Å². The maximum atomic E-state index is 13.5. The number of amides is 1. The van der Waals surface area contributed by atoms with Gasteiger partial charge in [-0.25, -0.2) is 0 Å². The summed E-state index contributed by atoms with van der Waals surface area (Å²) in [5.74, 6) is -4.94. The highest BCUT2D eigenvalue weighted by molar-refractivity contribution is 5.80. The third-order valence-corrected chi connectivity index (χ3v) is 5.19. The van der Waals surface area contributed by atoms with Gasteiger partial charge >= 0.3 is 12.1 Å². The fourth-order valence-corrected chi connectivity index (χ4v) is 3.71. The topological polar surface area (TPSA) is 57.6 Å². The molecule has 4 nitrogen and oxygen atoms in total. The number of hydrogen-bond acceptors (Lipinski definition) is 2. The minimum atomic E-state index is -4.57. The lowest BCUT2D eigenvalue weighted by molar-refractivity contribution is -0.160. The molecule has 1 saturated heterocycles. The zero-order chi connectivity index (χ0) is 20.3. The highest BCUT2D eigenvalue weighted by Gasteiger charge is 2.45. The smallest absolute Gasteiger partial charge is 0.396 e. The Hall–Kier alpha value is -2.83. The monoisotopic (exact) mass is 391 g/mol. The van der Waals surface area contributed by atoms with Crippen molar-refractivity contribution in [3.8, 4) is 0 Å². The molecule has 7 heteroatoms. The van der Waals surface area contributed by atoms with Gasteiger partial charge in [0.2, 0.25) is 5.91 Å². The molecule has 1 heterocycles. The number of rotatable bonds is 5. The van der Waals surface area contributed by atoms with E-state index in [2.05, 4.69) is 0 Å². The largest absolute Gasteiger partial charge is 0.481 e. The maximum absolute atomic E-state index is 13.5. The lowest BCUT2D eigenvalue weighted by Crippen LogP contribution is -2.34. The van der Waals surface area contributed by atoms with Gasteiger partial charge < -0.3 is 10.0 Å². The van der Waals surface area contributed by atoms with E-state index < -0.39 is 42.2 Å². The van der Waals surface area contributed by atoms with Gasteiger partial charge in [-0.1, -0.05) is 60.7 Å². The van der Waals surface area contributed by atoms with Crippen LogP contribution in [0.2, 0.25) is 0 Å². The van der Waals surface area contributed by atoms with Gasteiger partial charge in [-0.15, -0.1) is 0 Å². The number of nitrogens with zero attached hydrogens (tertiary/aromatic N) is 1. The van der Waals surface area contributed by atoms with Crippen LogP contribution in [0.3, 0.4) is 0 Å². The molecule has 0 bridgehead atoms. The number of benzene rings is 2. The normalized spacial score (nSPS) is 20.8. The summed E-state index contributed by atoms with van der Waals surface area (Å²) in [7, 11) is 0. The molecule has 1 amide bonds. The first-order valence-electron chi connectivity index (χ1n) is 8.94. The standard InChI is InChI=1S/C21H20F3NO3/c22-21(23,24)18(15-9-5-2-6-10-15)11-19(26)25-12-16(17(13-25)20(27)28)14-7-3-1-4-8-14/h1-10,16-18H,11-13H2,(H,27,28). The highest BCUT2D eigenvalue weighted by atomic mass is 19.4. The number of halogens is 3. The lowest BCUT2D eigenvalue weighted by atomic mass is 9.89. The molecule has 0 saturated carbocycles. The number of carboxylic acid groups (broad SMARTS) is 1. The average Bonchev–Trinajstić information content (AvgIpc) is 3.12. The summed E-state index contributed by atoms with van der Waals surface area (Å²) in [5, 5.41) is 9.52. The van der Waals surface area contributed by atoms with Gasteiger partial charge in [0.05, 0.1) is 11.8 Å². The number of carboxylic acids is 1. The van der Waals surface area contributed by atoms with E-state index in [4.69, 9.17) is 0 Å². The summed E-state index contributed by atoms with van der Waals surface area (Å²) in [6, 6.07) is 16.2. The molecule has 3 rings (SSSR count). The van der Waals surface area contributed by atoms with Crippen molar-refractivity contribution in [2.24, 2.45) is 5.92 Å². The first-order valence-corrected chi connectivity index (χ1v) is 8.94. The van der Waals surface area contributed by atoms with Crippen molar-refractivity contribution < 1.29 is 27.9 Å². The predicted molar refractivity (Wildman–Crippen MR) is 96.7 cm³/mol. The summed E-state index contributed by atoms with van der Waals surface area (Å²) in [6.45, 7) is 0.00622. The molecular formula is C21H20F3NO3. The van der Waals surface area contributed by atoms with Crippen molar-refractivity contribution in [2.45, 2.75) is 24.4 Å². The van der Waals surface area contributed by atoms with Crippen LogP contribution >= 0.6 is 0 Å². The molecule has 1 aliphatic rings. The van der Waals surface area contributed by atoms with Crippen LogP contribution in [0.15, 0.2) is 60.7 Å². The Morgan fingerprint density at radius 2 is 1.57 bits per heavy atom. The average molecular weight is 391 g/mol. The fraction of sp³-hybridized carbons (Fsp3) is 0.333. The van der Waals surface area contributed by atoms with E-state index >= 15 is 0 Å². The molecule has 28 heavy (non-hydrogen) atoms. The van der Waals surface area contributed by atoms with Crippen LogP contribution in [0.1, 0.15) is 29.4 Å². The van der Waals surface area contributed by atoms with Crippen molar-refractivity contribution in [3.05, 3.63) is 71.8 Å². The second kappa shape index (κ2) is 8.04. The first kappa shape index (κ1) is 19.9. The highest BCUT2D eigenvalue weighted by Crippen LogP contribution is 2.39. The predicted octanol–water partition coefficient (Wildman–Crippen LogP) is 4.05. The Labute approximate surface area is 160 Å². The van der Waals surface area contributed by atoms with Crippen LogP contribution in [0.4, 0.5) is 13.2 Å². The van der Waals surface area contributed by atoms with Gasteiger partial charge in [-0.3, -0.25) is 9.59 Å². The quantitative estimate of drug-likeness (QED) is 0.837. The van der Waals surface area contributed by atoms with Crippen LogP contribution in [0, 0.1) is 5.92 Å². The third kappa shape index (κ3) is 4.35. The van der Waals surface area contributed by atoms with E-state index in [0.29, 0.717) is 0 Å². The molecule has 2 aromatic carbocycles. The number of alkyl halides is 3. The Bertz CT molecular complexity index is 824. The van der Waals surface area contributed by atoms with Crippen LogP contribution in [0.5, 0.6) is 0 Å². The lowest BCUT2D eigenvalue weighted by Gasteiger charge is -2.23. The Kier molecular flexibility index (Phi) is 5.72. The molecule has 0 spiro atoms.